The van der Waals surface area contributed by atoms with Crippen LogP contribution in [0.2, 0.25) is 0 Å². The molecule has 0 spiro atoms. The topological polar surface area (TPSA) is 94.0 Å². The smallest absolute Gasteiger partial charge is 0.317 e. The molecule has 3 N–H and O–H groups in total. The van der Waals surface area contributed by atoms with Gasteiger partial charge >= 0.3 is 5.97 Å². The highest BCUT2D eigenvalue weighted by molar-refractivity contribution is 8.00. The summed E-state index contributed by atoms with van der Waals surface area (Å²) in [4.78, 5) is 11.1. The second kappa shape index (κ2) is 7.38. The second-order valence-electron chi connectivity index (χ2n) is 3.99. The van der Waals surface area contributed by atoms with Crippen molar-refractivity contribution in [2.24, 2.45) is 5.73 Å². The summed E-state index contributed by atoms with van der Waals surface area (Å²) in [6.07, 6.45) is 2.39. The van der Waals surface area contributed by atoms with Crippen LogP contribution in [0.4, 0.5) is 0 Å². The van der Waals surface area contributed by atoms with E-state index in [4.69, 9.17) is 10.8 Å². The molecule has 0 fully saturated rings. The van der Waals surface area contributed by atoms with Crippen molar-refractivity contribution in [2.45, 2.75) is 56.6 Å². The van der Waals surface area contributed by atoms with E-state index >= 15 is 0 Å². The lowest BCUT2D eigenvalue weighted by Gasteiger charge is -2.12. The molecule has 1 aromatic rings. The Kier molecular flexibility index (Phi) is 6.14. The van der Waals surface area contributed by atoms with Crippen LogP contribution in [-0.2, 0) is 17.9 Å². The van der Waals surface area contributed by atoms with Crippen LogP contribution < -0.4 is 5.73 Å². The predicted molar refractivity (Wildman–Crippen MR) is 70.4 cm³/mol. The second-order valence-corrected chi connectivity index (χ2v) is 5.16. The summed E-state index contributed by atoms with van der Waals surface area (Å²) in [5.41, 5.74) is 5.59. The summed E-state index contributed by atoms with van der Waals surface area (Å²) in [6, 6.07) is 0. The quantitative estimate of drug-likeness (QED) is 0.696. The SMILES string of the molecule is CCCC(Sc1nnc(CN)n1CCC)C(=O)O. The summed E-state index contributed by atoms with van der Waals surface area (Å²) in [7, 11) is 0. The number of rotatable bonds is 8. The summed E-state index contributed by atoms with van der Waals surface area (Å²) >= 11 is 1.26. The maximum absolute atomic E-state index is 11.1. The molecule has 0 saturated heterocycles. The molecule has 18 heavy (non-hydrogen) atoms. The fourth-order valence-electron chi connectivity index (χ4n) is 1.63. The van der Waals surface area contributed by atoms with Crippen LogP contribution in [-0.4, -0.2) is 31.1 Å². The number of carbonyl (C=O) groups is 1. The molecule has 1 unspecified atom stereocenters. The summed E-state index contributed by atoms with van der Waals surface area (Å²) in [5, 5.41) is 17.4. The van der Waals surface area contributed by atoms with E-state index in [1.165, 1.54) is 11.8 Å². The Hall–Kier alpha value is -1.08. The van der Waals surface area contributed by atoms with Gasteiger partial charge in [0.2, 0.25) is 0 Å². The van der Waals surface area contributed by atoms with Gasteiger partial charge in [-0.1, -0.05) is 32.0 Å². The number of nitrogens with two attached hydrogens (primary N) is 1. The zero-order valence-corrected chi connectivity index (χ0v) is 11.6. The first-order chi connectivity index (χ1) is 8.63. The van der Waals surface area contributed by atoms with Crippen LogP contribution in [0.25, 0.3) is 0 Å². The lowest BCUT2D eigenvalue weighted by molar-refractivity contribution is -0.136. The van der Waals surface area contributed by atoms with E-state index in [0.717, 1.165) is 19.4 Å². The number of nitrogens with zero attached hydrogens (tertiary/aromatic N) is 3. The summed E-state index contributed by atoms with van der Waals surface area (Å²) in [5.74, 6) is -0.0952. The number of hydrogen-bond donors (Lipinski definition) is 2. The molecule has 0 radical (unpaired) electrons. The van der Waals surface area contributed by atoms with Crippen LogP contribution >= 0.6 is 11.8 Å². The van der Waals surface area contributed by atoms with Crippen molar-refractivity contribution in [3.8, 4) is 0 Å². The molecule has 0 saturated carbocycles. The monoisotopic (exact) mass is 272 g/mol. The van der Waals surface area contributed by atoms with E-state index in [2.05, 4.69) is 17.1 Å². The van der Waals surface area contributed by atoms with Crippen molar-refractivity contribution in [1.82, 2.24) is 14.8 Å². The molecule has 1 aromatic heterocycles. The first kappa shape index (κ1) is 15.0. The Morgan fingerprint density at radius 3 is 2.67 bits per heavy atom. The van der Waals surface area contributed by atoms with Crippen molar-refractivity contribution >= 4 is 17.7 Å². The highest BCUT2D eigenvalue weighted by atomic mass is 32.2. The van der Waals surface area contributed by atoms with Gasteiger partial charge in [0.25, 0.3) is 0 Å². The predicted octanol–water partition coefficient (Wildman–Crippen LogP) is 1.49. The highest BCUT2D eigenvalue weighted by Gasteiger charge is 2.22. The average molecular weight is 272 g/mol. The first-order valence-corrected chi connectivity index (χ1v) is 7.03. The molecule has 0 aliphatic heterocycles. The van der Waals surface area contributed by atoms with E-state index in [0.29, 0.717) is 23.9 Å². The third-order valence-corrected chi connectivity index (χ3v) is 3.73. The zero-order valence-electron chi connectivity index (χ0n) is 10.8. The van der Waals surface area contributed by atoms with Gasteiger partial charge in [0.05, 0.1) is 6.54 Å². The molecule has 7 heteroatoms. The Morgan fingerprint density at radius 2 is 2.17 bits per heavy atom. The maximum atomic E-state index is 11.1. The number of carboxylic acids is 1. The molecule has 0 aliphatic rings. The van der Waals surface area contributed by atoms with Crippen LogP contribution in [0.1, 0.15) is 38.9 Å². The van der Waals surface area contributed by atoms with Crippen LogP contribution in [0.15, 0.2) is 5.16 Å². The standard InChI is InChI=1S/C11H20N4O2S/c1-3-5-8(10(16)17)18-11-14-13-9(7-12)15(11)6-4-2/h8H,3-7,12H2,1-2H3,(H,16,17). The van der Waals surface area contributed by atoms with E-state index in [1.807, 2.05) is 11.5 Å². The lowest BCUT2D eigenvalue weighted by atomic mass is 10.2. The van der Waals surface area contributed by atoms with Gasteiger partial charge in [-0.25, -0.2) is 0 Å². The number of aromatic nitrogens is 3. The minimum Gasteiger partial charge on any atom is -0.480 e. The number of thioether (sulfide) groups is 1. The third kappa shape index (κ3) is 3.71. The molecule has 1 rings (SSSR count). The minimum absolute atomic E-state index is 0.319. The Bertz CT molecular complexity index is 394. The van der Waals surface area contributed by atoms with Crippen LogP contribution in [0, 0.1) is 0 Å². The normalized spacial score (nSPS) is 12.6. The van der Waals surface area contributed by atoms with Gasteiger partial charge in [0.1, 0.15) is 11.1 Å². The average Bonchev–Trinajstić information content (AvgIpc) is 2.71. The van der Waals surface area contributed by atoms with E-state index < -0.39 is 11.2 Å². The number of aliphatic carboxylic acids is 1. The molecule has 102 valence electrons. The maximum Gasteiger partial charge on any atom is 0.317 e. The van der Waals surface area contributed by atoms with Gasteiger partial charge in [-0.3, -0.25) is 4.79 Å². The molecule has 0 aromatic carbocycles. The highest BCUT2D eigenvalue weighted by Crippen LogP contribution is 2.25. The molecule has 0 aliphatic carbocycles. The molecule has 1 heterocycles. The fourth-order valence-corrected chi connectivity index (χ4v) is 2.75. The van der Waals surface area contributed by atoms with Crippen LogP contribution in [0.3, 0.4) is 0 Å². The molecule has 6 nitrogen and oxygen atoms in total. The van der Waals surface area contributed by atoms with Gasteiger partial charge in [0, 0.05) is 6.54 Å². The van der Waals surface area contributed by atoms with Gasteiger partial charge < -0.3 is 15.4 Å². The van der Waals surface area contributed by atoms with Crippen molar-refractivity contribution in [3.05, 3.63) is 5.82 Å². The summed E-state index contributed by atoms with van der Waals surface area (Å²) in [6.45, 7) is 5.10. The van der Waals surface area contributed by atoms with Crippen molar-refractivity contribution < 1.29 is 9.90 Å². The van der Waals surface area contributed by atoms with E-state index in [1.54, 1.807) is 0 Å². The molecular formula is C11H20N4O2S. The Morgan fingerprint density at radius 1 is 1.44 bits per heavy atom. The fraction of sp³-hybridized carbons (Fsp3) is 0.727. The first-order valence-electron chi connectivity index (χ1n) is 6.15. The van der Waals surface area contributed by atoms with Gasteiger partial charge in [0.15, 0.2) is 5.16 Å². The zero-order chi connectivity index (χ0) is 13.5. The number of carboxylic acid groups (broad SMARTS) is 1. The van der Waals surface area contributed by atoms with Crippen molar-refractivity contribution in [2.75, 3.05) is 0 Å². The van der Waals surface area contributed by atoms with Crippen molar-refractivity contribution in [1.29, 1.82) is 0 Å². The number of hydrogen-bond acceptors (Lipinski definition) is 5. The van der Waals surface area contributed by atoms with Gasteiger partial charge in [-0.05, 0) is 12.8 Å². The Balaban J connectivity index is 2.87. The summed E-state index contributed by atoms with van der Waals surface area (Å²) < 4.78 is 1.91. The lowest BCUT2D eigenvalue weighted by Crippen LogP contribution is -2.17. The molecule has 0 amide bonds. The molecular weight excluding hydrogens is 252 g/mol. The van der Waals surface area contributed by atoms with E-state index in [-0.39, 0.29) is 0 Å². The van der Waals surface area contributed by atoms with Crippen molar-refractivity contribution in [3.63, 3.8) is 0 Å². The largest absolute Gasteiger partial charge is 0.480 e. The Labute approximate surface area is 111 Å². The van der Waals surface area contributed by atoms with E-state index in [9.17, 15) is 4.79 Å². The molecule has 1 atom stereocenters. The van der Waals surface area contributed by atoms with Gasteiger partial charge in [-0.2, -0.15) is 0 Å². The minimum atomic E-state index is -0.804. The van der Waals surface area contributed by atoms with Crippen LogP contribution in [0.5, 0.6) is 0 Å². The van der Waals surface area contributed by atoms with Gasteiger partial charge in [-0.15, -0.1) is 10.2 Å². The third-order valence-electron chi connectivity index (χ3n) is 2.50. The molecule has 0 bridgehead atoms.